The summed E-state index contributed by atoms with van der Waals surface area (Å²) in [5.74, 6) is 0. The molecule has 13 heavy (non-hydrogen) atoms. The molecule has 1 unspecified atom stereocenters. The Kier molecular flexibility index (Phi) is 1.95. The molecule has 2 rings (SSSR count). The topological polar surface area (TPSA) is 38.8 Å². The minimum Gasteiger partial charge on any atom is -0.441 e. The number of fused-ring (bicyclic) bond motifs is 1. The molecule has 74 valence electrons. The Morgan fingerprint density at radius 1 is 1.46 bits per heavy atom. The smallest absolute Gasteiger partial charge is 0.410 e. The van der Waals surface area contributed by atoms with Crippen LogP contribution >= 0.6 is 0 Å². The van der Waals surface area contributed by atoms with Gasteiger partial charge in [-0.25, -0.2) is 4.79 Å². The van der Waals surface area contributed by atoms with Gasteiger partial charge in [0.2, 0.25) is 0 Å². The number of rotatable bonds is 0. The quantitative estimate of drug-likeness (QED) is 0.565. The molecule has 4 heteroatoms. The molecule has 2 fully saturated rings. The van der Waals surface area contributed by atoms with E-state index in [1.807, 2.05) is 13.8 Å². The maximum Gasteiger partial charge on any atom is 0.410 e. The Morgan fingerprint density at radius 2 is 2.15 bits per heavy atom. The van der Waals surface area contributed by atoms with Crippen molar-refractivity contribution in [1.82, 2.24) is 4.90 Å². The summed E-state index contributed by atoms with van der Waals surface area (Å²) in [6.45, 7) is 3.99. The summed E-state index contributed by atoms with van der Waals surface area (Å²) in [5.41, 5.74) is 0. The molecule has 0 N–H and O–H groups in total. The van der Waals surface area contributed by atoms with Crippen molar-refractivity contribution in [2.24, 2.45) is 0 Å². The van der Waals surface area contributed by atoms with Crippen molar-refractivity contribution >= 4 is 6.09 Å². The highest BCUT2D eigenvalue weighted by atomic mass is 16.6. The minimum atomic E-state index is -0.223. The van der Waals surface area contributed by atoms with Crippen molar-refractivity contribution in [2.45, 2.75) is 44.6 Å². The van der Waals surface area contributed by atoms with E-state index in [0.717, 1.165) is 6.42 Å². The van der Waals surface area contributed by atoms with E-state index >= 15 is 0 Å². The largest absolute Gasteiger partial charge is 0.441 e. The monoisotopic (exact) mass is 185 g/mol. The molecule has 4 atom stereocenters. The third-order valence-electron chi connectivity index (χ3n) is 2.88. The summed E-state index contributed by atoms with van der Waals surface area (Å²) in [5, 5.41) is 0. The zero-order valence-electron chi connectivity index (χ0n) is 8.19. The second-order valence-electron chi connectivity index (χ2n) is 3.91. The molecule has 2 heterocycles. The van der Waals surface area contributed by atoms with E-state index in [-0.39, 0.29) is 30.4 Å². The van der Waals surface area contributed by atoms with Gasteiger partial charge in [-0.2, -0.15) is 0 Å². The maximum absolute atomic E-state index is 11.2. The Balaban J connectivity index is 2.17. The normalized spacial score (nSPS) is 44.5. The van der Waals surface area contributed by atoms with Crippen LogP contribution in [0.25, 0.3) is 0 Å². The van der Waals surface area contributed by atoms with Crippen LogP contribution in [0.1, 0.15) is 20.3 Å². The van der Waals surface area contributed by atoms with Gasteiger partial charge in [0.15, 0.2) is 0 Å². The summed E-state index contributed by atoms with van der Waals surface area (Å²) < 4.78 is 10.8. The van der Waals surface area contributed by atoms with Crippen LogP contribution in [-0.2, 0) is 9.47 Å². The van der Waals surface area contributed by atoms with Gasteiger partial charge in [0.1, 0.15) is 6.10 Å². The van der Waals surface area contributed by atoms with E-state index in [9.17, 15) is 4.79 Å². The molecule has 0 saturated carbocycles. The lowest BCUT2D eigenvalue weighted by atomic mass is 9.97. The third kappa shape index (κ3) is 1.29. The zero-order valence-corrected chi connectivity index (χ0v) is 8.19. The predicted octanol–water partition coefficient (Wildman–Crippen LogP) is 1.00. The first kappa shape index (κ1) is 8.81. The molecule has 0 aromatic rings. The van der Waals surface area contributed by atoms with Crippen molar-refractivity contribution in [3.05, 3.63) is 0 Å². The van der Waals surface area contributed by atoms with E-state index in [1.165, 1.54) is 0 Å². The second kappa shape index (κ2) is 2.87. The minimum absolute atomic E-state index is 0.0163. The van der Waals surface area contributed by atoms with Gasteiger partial charge in [-0.05, 0) is 20.3 Å². The number of hydrogen-bond acceptors (Lipinski definition) is 3. The fourth-order valence-corrected chi connectivity index (χ4v) is 2.17. The van der Waals surface area contributed by atoms with Gasteiger partial charge >= 0.3 is 6.09 Å². The Bertz CT molecular complexity index is 231. The first-order valence-electron chi connectivity index (χ1n) is 4.68. The van der Waals surface area contributed by atoms with E-state index in [2.05, 4.69) is 0 Å². The van der Waals surface area contributed by atoms with E-state index in [1.54, 1.807) is 11.9 Å². The van der Waals surface area contributed by atoms with Crippen molar-refractivity contribution in [3.8, 4) is 0 Å². The molecule has 2 aliphatic rings. The van der Waals surface area contributed by atoms with Crippen molar-refractivity contribution in [3.63, 3.8) is 0 Å². The standard InChI is InChI=1S/C9H15NO3/c1-5-4-7-8(6(2)12-5)13-9(11)10(7)3/h5-8H,4H2,1-3H3/t5-,6+,7?,8+/m1/s1. The molecule has 2 aliphatic heterocycles. The fourth-order valence-electron chi connectivity index (χ4n) is 2.17. The van der Waals surface area contributed by atoms with Gasteiger partial charge in [0.25, 0.3) is 0 Å². The van der Waals surface area contributed by atoms with Crippen LogP contribution in [0, 0.1) is 0 Å². The molecule has 0 aliphatic carbocycles. The SMILES string of the molecule is C[C@@H]1CC2[C@@H](OC(=O)N2C)[C@H](C)O1. The first-order chi connectivity index (χ1) is 6.09. The Hall–Kier alpha value is -0.770. The van der Waals surface area contributed by atoms with Crippen molar-refractivity contribution in [2.75, 3.05) is 7.05 Å². The molecule has 0 aromatic heterocycles. The Morgan fingerprint density at radius 3 is 2.85 bits per heavy atom. The van der Waals surface area contributed by atoms with E-state index in [0.29, 0.717) is 0 Å². The Labute approximate surface area is 77.8 Å². The van der Waals surface area contributed by atoms with Crippen molar-refractivity contribution in [1.29, 1.82) is 0 Å². The van der Waals surface area contributed by atoms with Gasteiger partial charge in [0, 0.05) is 7.05 Å². The number of carbonyl (C=O) groups is 1. The van der Waals surface area contributed by atoms with Crippen LogP contribution in [0.4, 0.5) is 4.79 Å². The molecule has 0 spiro atoms. The van der Waals surface area contributed by atoms with Crippen LogP contribution < -0.4 is 0 Å². The van der Waals surface area contributed by atoms with Crippen LogP contribution in [0.15, 0.2) is 0 Å². The summed E-state index contributed by atoms with van der Waals surface area (Å²) in [6.07, 6.45) is 0.807. The van der Waals surface area contributed by atoms with Crippen LogP contribution in [-0.4, -0.2) is 42.4 Å². The van der Waals surface area contributed by atoms with Gasteiger partial charge in [-0.3, -0.25) is 0 Å². The molecule has 2 saturated heterocycles. The summed E-state index contributed by atoms with van der Waals surface area (Å²) >= 11 is 0. The molecule has 0 bridgehead atoms. The number of likely N-dealkylation sites (N-methyl/N-ethyl adjacent to an activating group) is 1. The van der Waals surface area contributed by atoms with Crippen LogP contribution in [0.2, 0.25) is 0 Å². The molecule has 1 amide bonds. The van der Waals surface area contributed by atoms with Gasteiger partial charge < -0.3 is 14.4 Å². The second-order valence-corrected chi connectivity index (χ2v) is 3.91. The number of nitrogens with zero attached hydrogens (tertiary/aromatic N) is 1. The average Bonchev–Trinajstić information content (AvgIpc) is 2.32. The molecule has 0 radical (unpaired) electrons. The number of amides is 1. The van der Waals surface area contributed by atoms with Gasteiger partial charge in [-0.15, -0.1) is 0 Å². The average molecular weight is 185 g/mol. The number of hydrogen-bond donors (Lipinski definition) is 0. The number of ether oxygens (including phenoxy) is 2. The molecule has 0 aromatic carbocycles. The maximum atomic E-state index is 11.2. The van der Waals surface area contributed by atoms with E-state index < -0.39 is 0 Å². The highest BCUT2D eigenvalue weighted by Crippen LogP contribution is 2.30. The van der Waals surface area contributed by atoms with Crippen LogP contribution in [0.5, 0.6) is 0 Å². The lowest BCUT2D eigenvalue weighted by Crippen LogP contribution is -2.47. The predicted molar refractivity (Wildman–Crippen MR) is 46.4 cm³/mol. The molecular weight excluding hydrogens is 170 g/mol. The number of carbonyl (C=O) groups excluding carboxylic acids is 1. The van der Waals surface area contributed by atoms with Gasteiger partial charge in [0.05, 0.1) is 18.2 Å². The van der Waals surface area contributed by atoms with E-state index in [4.69, 9.17) is 9.47 Å². The first-order valence-corrected chi connectivity index (χ1v) is 4.68. The third-order valence-corrected chi connectivity index (χ3v) is 2.88. The molecule has 4 nitrogen and oxygen atoms in total. The molecular formula is C9H15NO3. The highest BCUT2D eigenvalue weighted by Gasteiger charge is 2.46. The highest BCUT2D eigenvalue weighted by molar-refractivity contribution is 5.70. The lowest BCUT2D eigenvalue weighted by molar-refractivity contribution is -0.102. The van der Waals surface area contributed by atoms with Crippen LogP contribution in [0.3, 0.4) is 0 Å². The summed E-state index contributed by atoms with van der Waals surface area (Å²) in [4.78, 5) is 12.9. The van der Waals surface area contributed by atoms with Crippen molar-refractivity contribution < 1.29 is 14.3 Å². The van der Waals surface area contributed by atoms with Gasteiger partial charge in [-0.1, -0.05) is 0 Å². The summed E-state index contributed by atoms with van der Waals surface area (Å²) in [6, 6.07) is 0.200. The lowest BCUT2D eigenvalue weighted by Gasteiger charge is -2.34. The fraction of sp³-hybridized carbons (Fsp3) is 0.889. The summed E-state index contributed by atoms with van der Waals surface area (Å²) in [7, 11) is 1.79. The zero-order chi connectivity index (χ0) is 9.59.